The Kier molecular flexibility index (Phi) is 4.48. The molecule has 8 heteroatoms. The van der Waals surface area contributed by atoms with Gasteiger partial charge in [-0.05, 0) is 31.0 Å². The molecule has 21 heavy (non-hydrogen) atoms. The Labute approximate surface area is 123 Å². The number of nitrogens with two attached hydrogens (primary N) is 1. The number of anilines is 1. The molecule has 0 aromatic heterocycles. The Hall–Kier alpha value is -1.67. The normalized spacial score (nSPS) is 17.0. The fourth-order valence-electron chi connectivity index (χ4n) is 2.38. The van der Waals surface area contributed by atoms with E-state index in [1.54, 1.807) is 0 Å². The fraction of sp³-hybridized carbons (Fsp3) is 0.462. The summed E-state index contributed by atoms with van der Waals surface area (Å²) in [6.45, 7) is 0.751. The number of sulfonamides is 1. The average Bonchev–Trinajstić information content (AvgIpc) is 2.40. The van der Waals surface area contributed by atoms with E-state index in [0.717, 1.165) is 6.26 Å². The predicted molar refractivity (Wildman–Crippen MR) is 77.7 cm³/mol. The van der Waals surface area contributed by atoms with Crippen LogP contribution in [0.2, 0.25) is 0 Å². The van der Waals surface area contributed by atoms with Gasteiger partial charge in [0.15, 0.2) is 0 Å². The molecule has 1 aromatic rings. The van der Waals surface area contributed by atoms with E-state index >= 15 is 0 Å². The molecule has 1 aliphatic rings. The van der Waals surface area contributed by atoms with Crippen LogP contribution in [0.15, 0.2) is 18.2 Å². The maximum atomic E-state index is 13.7. The molecule has 6 nitrogen and oxygen atoms in total. The lowest BCUT2D eigenvalue weighted by atomic mass is 10.0. The molecule has 0 saturated carbocycles. The number of nitrogen functional groups attached to an aromatic ring is 1. The Morgan fingerprint density at radius 2 is 2.00 bits per heavy atom. The second-order valence-corrected chi connectivity index (χ2v) is 6.98. The first-order chi connectivity index (χ1) is 9.76. The van der Waals surface area contributed by atoms with Gasteiger partial charge in [-0.3, -0.25) is 4.79 Å². The number of rotatable bonds is 3. The van der Waals surface area contributed by atoms with Gasteiger partial charge in [-0.25, -0.2) is 17.5 Å². The fourth-order valence-corrected chi connectivity index (χ4v) is 3.22. The molecule has 116 valence electrons. The quantitative estimate of drug-likeness (QED) is 0.797. The molecule has 3 N–H and O–H groups in total. The van der Waals surface area contributed by atoms with Crippen molar-refractivity contribution in [3.8, 4) is 0 Å². The summed E-state index contributed by atoms with van der Waals surface area (Å²) in [5.41, 5.74) is 5.85. The molecule has 1 saturated heterocycles. The van der Waals surface area contributed by atoms with E-state index in [1.165, 1.54) is 23.1 Å². The molecule has 1 fully saturated rings. The lowest BCUT2D eigenvalue weighted by Crippen LogP contribution is -2.46. The zero-order valence-electron chi connectivity index (χ0n) is 11.7. The Morgan fingerprint density at radius 3 is 2.57 bits per heavy atom. The molecule has 1 amide bonds. The summed E-state index contributed by atoms with van der Waals surface area (Å²) in [4.78, 5) is 13.8. The van der Waals surface area contributed by atoms with Crippen molar-refractivity contribution >= 4 is 21.6 Å². The molecule has 1 aromatic carbocycles. The highest BCUT2D eigenvalue weighted by atomic mass is 32.2. The van der Waals surface area contributed by atoms with Gasteiger partial charge in [-0.2, -0.15) is 0 Å². The van der Waals surface area contributed by atoms with Crippen LogP contribution in [0.4, 0.5) is 10.1 Å². The largest absolute Gasteiger partial charge is 0.399 e. The first kappa shape index (κ1) is 15.7. The molecule has 0 aliphatic carbocycles. The van der Waals surface area contributed by atoms with Crippen molar-refractivity contribution in [1.82, 2.24) is 9.62 Å². The van der Waals surface area contributed by atoms with Crippen LogP contribution in [-0.4, -0.2) is 44.6 Å². The van der Waals surface area contributed by atoms with Crippen LogP contribution in [0, 0.1) is 5.82 Å². The lowest BCUT2D eigenvalue weighted by molar-refractivity contribution is 0.0706. The summed E-state index contributed by atoms with van der Waals surface area (Å²) < 4.78 is 38.5. The molecule has 0 radical (unpaired) electrons. The molecule has 1 aliphatic heterocycles. The summed E-state index contributed by atoms with van der Waals surface area (Å²) in [6.07, 6.45) is 2.11. The van der Waals surface area contributed by atoms with Crippen molar-refractivity contribution in [2.45, 2.75) is 18.9 Å². The van der Waals surface area contributed by atoms with E-state index in [9.17, 15) is 17.6 Å². The standard InChI is InChI=1S/C13H18FN3O3S/c1-21(19,20)16-10-4-6-17(7-5-10)13(18)11-8-9(15)2-3-12(11)14/h2-3,8,10,16H,4-7,15H2,1H3. The van der Waals surface area contributed by atoms with Gasteiger partial charge in [-0.1, -0.05) is 0 Å². The van der Waals surface area contributed by atoms with E-state index in [0.29, 0.717) is 31.6 Å². The molecule has 2 rings (SSSR count). The number of carbonyl (C=O) groups excluding carboxylic acids is 1. The molecule has 0 bridgehead atoms. The van der Waals surface area contributed by atoms with E-state index in [2.05, 4.69) is 4.72 Å². The van der Waals surface area contributed by atoms with Gasteiger partial charge in [0.2, 0.25) is 10.0 Å². The van der Waals surface area contributed by atoms with Gasteiger partial charge < -0.3 is 10.6 Å². The summed E-state index contributed by atoms with van der Waals surface area (Å²) in [6, 6.07) is 3.70. The SMILES string of the molecule is CS(=O)(=O)NC1CCN(C(=O)c2cc(N)ccc2F)CC1. The minimum Gasteiger partial charge on any atom is -0.399 e. The van der Waals surface area contributed by atoms with Crippen LogP contribution in [-0.2, 0) is 10.0 Å². The second-order valence-electron chi connectivity index (χ2n) is 5.20. The van der Waals surface area contributed by atoms with Crippen LogP contribution < -0.4 is 10.5 Å². The highest BCUT2D eigenvalue weighted by molar-refractivity contribution is 7.88. The van der Waals surface area contributed by atoms with Gasteiger partial charge in [0.1, 0.15) is 5.82 Å². The maximum absolute atomic E-state index is 13.7. The number of likely N-dealkylation sites (tertiary alicyclic amines) is 1. The molecule has 0 unspecified atom stereocenters. The van der Waals surface area contributed by atoms with Gasteiger partial charge >= 0.3 is 0 Å². The Morgan fingerprint density at radius 1 is 1.38 bits per heavy atom. The number of benzene rings is 1. The van der Waals surface area contributed by atoms with Crippen LogP contribution in [0.5, 0.6) is 0 Å². The van der Waals surface area contributed by atoms with Crippen molar-refractivity contribution < 1.29 is 17.6 Å². The van der Waals surface area contributed by atoms with E-state index in [1.807, 2.05) is 0 Å². The van der Waals surface area contributed by atoms with Crippen molar-refractivity contribution in [3.05, 3.63) is 29.6 Å². The third kappa shape index (κ3) is 4.15. The number of hydrogen-bond acceptors (Lipinski definition) is 4. The third-order valence-corrected chi connectivity index (χ3v) is 4.15. The molecular formula is C13H18FN3O3S. The Balaban J connectivity index is 2.02. The van der Waals surface area contributed by atoms with Crippen molar-refractivity contribution in [2.75, 3.05) is 25.1 Å². The summed E-state index contributed by atoms with van der Waals surface area (Å²) in [5, 5.41) is 0. The van der Waals surface area contributed by atoms with E-state index in [4.69, 9.17) is 5.73 Å². The zero-order valence-corrected chi connectivity index (χ0v) is 12.5. The number of carbonyl (C=O) groups is 1. The van der Waals surface area contributed by atoms with E-state index < -0.39 is 21.7 Å². The van der Waals surface area contributed by atoms with Gasteiger partial charge in [0, 0.05) is 24.8 Å². The minimum absolute atomic E-state index is 0.0514. The third-order valence-electron chi connectivity index (χ3n) is 3.38. The number of nitrogens with zero attached hydrogens (tertiary/aromatic N) is 1. The number of halogens is 1. The summed E-state index contributed by atoms with van der Waals surface area (Å²) in [5.74, 6) is -1.02. The molecule has 0 atom stereocenters. The zero-order chi connectivity index (χ0) is 15.6. The topological polar surface area (TPSA) is 92.5 Å². The smallest absolute Gasteiger partial charge is 0.256 e. The van der Waals surface area contributed by atoms with Gasteiger partial charge in [0.05, 0.1) is 11.8 Å². The predicted octanol–water partition coefficient (Wildman–Crippen LogP) is 0.562. The monoisotopic (exact) mass is 315 g/mol. The van der Waals surface area contributed by atoms with Crippen LogP contribution in [0.1, 0.15) is 23.2 Å². The minimum atomic E-state index is -3.26. The lowest BCUT2D eigenvalue weighted by Gasteiger charge is -2.32. The molecule has 1 heterocycles. The van der Waals surface area contributed by atoms with Crippen molar-refractivity contribution in [3.63, 3.8) is 0 Å². The van der Waals surface area contributed by atoms with Crippen LogP contribution >= 0.6 is 0 Å². The number of piperidine rings is 1. The highest BCUT2D eigenvalue weighted by Gasteiger charge is 2.26. The van der Waals surface area contributed by atoms with Gasteiger partial charge in [0.25, 0.3) is 5.91 Å². The number of amides is 1. The van der Waals surface area contributed by atoms with E-state index in [-0.39, 0.29) is 11.6 Å². The van der Waals surface area contributed by atoms with Crippen LogP contribution in [0.25, 0.3) is 0 Å². The number of nitrogens with one attached hydrogen (secondary N) is 1. The van der Waals surface area contributed by atoms with Crippen molar-refractivity contribution in [2.24, 2.45) is 0 Å². The van der Waals surface area contributed by atoms with Crippen molar-refractivity contribution in [1.29, 1.82) is 0 Å². The number of hydrogen-bond donors (Lipinski definition) is 2. The van der Waals surface area contributed by atoms with Crippen LogP contribution in [0.3, 0.4) is 0 Å². The highest BCUT2D eigenvalue weighted by Crippen LogP contribution is 2.18. The Bertz CT molecular complexity index is 640. The molecule has 0 spiro atoms. The molecular weight excluding hydrogens is 297 g/mol. The summed E-state index contributed by atoms with van der Waals surface area (Å²) >= 11 is 0. The van der Waals surface area contributed by atoms with Gasteiger partial charge in [-0.15, -0.1) is 0 Å². The summed E-state index contributed by atoms with van der Waals surface area (Å²) in [7, 11) is -3.26. The first-order valence-corrected chi connectivity index (χ1v) is 8.47. The first-order valence-electron chi connectivity index (χ1n) is 6.58. The maximum Gasteiger partial charge on any atom is 0.256 e. The second kappa shape index (κ2) is 5.98. The average molecular weight is 315 g/mol.